The molecule has 1 unspecified atom stereocenters. The second-order valence-electron chi connectivity index (χ2n) is 4.27. The first-order valence-corrected chi connectivity index (χ1v) is 5.90. The average molecular weight is 227 g/mol. The van der Waals surface area contributed by atoms with E-state index in [1.807, 2.05) is 31.2 Å². The average Bonchev–Trinajstić information content (AvgIpc) is 2.38. The Kier molecular flexibility index (Phi) is 3.89. The van der Waals surface area contributed by atoms with E-state index < -0.39 is 6.10 Å². The van der Waals surface area contributed by atoms with Gasteiger partial charge in [0.05, 0.1) is 6.10 Å². The van der Waals surface area contributed by atoms with Gasteiger partial charge in [0.1, 0.15) is 0 Å². The molecule has 2 nitrogen and oxygen atoms in total. The van der Waals surface area contributed by atoms with E-state index in [1.165, 1.54) is 5.56 Å². The Morgan fingerprint density at radius 1 is 1.18 bits per heavy atom. The molecule has 0 radical (unpaired) electrons. The molecular formula is C15H17NO. The highest BCUT2D eigenvalue weighted by Gasteiger charge is 2.09. The SMILES string of the molecule is Cc1cnccc1C(O)CCc1ccccc1. The van der Waals surface area contributed by atoms with Gasteiger partial charge in [-0.15, -0.1) is 0 Å². The second-order valence-corrected chi connectivity index (χ2v) is 4.27. The third-order valence-electron chi connectivity index (χ3n) is 2.97. The molecule has 0 aliphatic carbocycles. The van der Waals surface area contributed by atoms with Crippen molar-refractivity contribution in [2.45, 2.75) is 25.9 Å². The molecule has 0 fully saturated rings. The lowest BCUT2D eigenvalue weighted by atomic mass is 9.99. The number of hydrogen-bond acceptors (Lipinski definition) is 2. The minimum Gasteiger partial charge on any atom is -0.388 e. The van der Waals surface area contributed by atoms with E-state index in [2.05, 4.69) is 17.1 Å². The molecule has 0 aliphatic heterocycles. The number of aryl methyl sites for hydroxylation is 2. The Hall–Kier alpha value is -1.67. The molecule has 2 aromatic rings. The molecule has 2 rings (SSSR count). The van der Waals surface area contributed by atoms with E-state index >= 15 is 0 Å². The number of rotatable bonds is 4. The van der Waals surface area contributed by atoms with Crippen LogP contribution in [0.15, 0.2) is 48.8 Å². The molecule has 88 valence electrons. The Balaban J connectivity index is 1.99. The highest BCUT2D eigenvalue weighted by molar-refractivity contribution is 5.24. The third kappa shape index (κ3) is 3.14. The zero-order valence-corrected chi connectivity index (χ0v) is 10.0. The van der Waals surface area contributed by atoms with Gasteiger partial charge in [-0.3, -0.25) is 4.98 Å². The molecule has 1 aromatic carbocycles. The number of benzene rings is 1. The van der Waals surface area contributed by atoms with Crippen LogP contribution in [0.25, 0.3) is 0 Å². The predicted molar refractivity (Wildman–Crippen MR) is 68.7 cm³/mol. The van der Waals surface area contributed by atoms with Gasteiger partial charge in [0.2, 0.25) is 0 Å². The lowest BCUT2D eigenvalue weighted by molar-refractivity contribution is 0.167. The third-order valence-corrected chi connectivity index (χ3v) is 2.97. The van der Waals surface area contributed by atoms with Crippen molar-refractivity contribution in [2.24, 2.45) is 0 Å². The maximum absolute atomic E-state index is 10.1. The van der Waals surface area contributed by atoms with Gasteiger partial charge in [-0.2, -0.15) is 0 Å². The summed E-state index contributed by atoms with van der Waals surface area (Å²) in [5.41, 5.74) is 3.29. The van der Waals surface area contributed by atoms with Crippen molar-refractivity contribution in [1.29, 1.82) is 0 Å². The summed E-state index contributed by atoms with van der Waals surface area (Å²) in [5.74, 6) is 0. The fourth-order valence-electron chi connectivity index (χ4n) is 1.96. The van der Waals surface area contributed by atoms with Crippen molar-refractivity contribution in [3.63, 3.8) is 0 Å². The first kappa shape index (κ1) is 11.8. The molecule has 1 heterocycles. The topological polar surface area (TPSA) is 33.1 Å². The zero-order chi connectivity index (χ0) is 12.1. The van der Waals surface area contributed by atoms with Crippen LogP contribution in [0.3, 0.4) is 0 Å². The monoisotopic (exact) mass is 227 g/mol. The minimum absolute atomic E-state index is 0.404. The van der Waals surface area contributed by atoms with E-state index in [9.17, 15) is 5.11 Å². The maximum Gasteiger partial charge on any atom is 0.0796 e. The van der Waals surface area contributed by atoms with Gasteiger partial charge >= 0.3 is 0 Å². The molecule has 0 saturated heterocycles. The lowest BCUT2D eigenvalue weighted by Crippen LogP contribution is -2.02. The molecule has 0 saturated carbocycles. The van der Waals surface area contributed by atoms with Crippen LogP contribution in [0, 0.1) is 6.92 Å². The van der Waals surface area contributed by atoms with Gasteiger partial charge in [0, 0.05) is 12.4 Å². The zero-order valence-electron chi connectivity index (χ0n) is 10.0. The van der Waals surface area contributed by atoms with Crippen LogP contribution in [0.2, 0.25) is 0 Å². The van der Waals surface area contributed by atoms with Crippen LogP contribution in [0.4, 0.5) is 0 Å². The molecule has 17 heavy (non-hydrogen) atoms. The number of aromatic nitrogens is 1. The molecule has 0 amide bonds. The molecule has 2 heteroatoms. The van der Waals surface area contributed by atoms with Crippen molar-refractivity contribution in [1.82, 2.24) is 4.98 Å². The van der Waals surface area contributed by atoms with Crippen molar-refractivity contribution in [2.75, 3.05) is 0 Å². The molecular weight excluding hydrogens is 210 g/mol. The van der Waals surface area contributed by atoms with Gasteiger partial charge in [-0.25, -0.2) is 0 Å². The number of pyridine rings is 1. The second kappa shape index (κ2) is 5.60. The summed E-state index contributed by atoms with van der Waals surface area (Å²) >= 11 is 0. The maximum atomic E-state index is 10.1. The molecule has 0 aliphatic rings. The summed E-state index contributed by atoms with van der Waals surface area (Å²) in [5, 5.41) is 10.1. The van der Waals surface area contributed by atoms with Crippen LogP contribution in [0.1, 0.15) is 29.2 Å². The van der Waals surface area contributed by atoms with E-state index in [0.29, 0.717) is 0 Å². The number of aliphatic hydroxyl groups is 1. The Bertz CT molecular complexity index is 467. The summed E-state index contributed by atoms with van der Waals surface area (Å²) in [6, 6.07) is 12.1. The first-order valence-electron chi connectivity index (χ1n) is 5.90. The van der Waals surface area contributed by atoms with Crippen molar-refractivity contribution in [3.8, 4) is 0 Å². The summed E-state index contributed by atoms with van der Waals surface area (Å²) < 4.78 is 0. The van der Waals surface area contributed by atoms with Crippen molar-refractivity contribution in [3.05, 3.63) is 65.5 Å². The summed E-state index contributed by atoms with van der Waals surface area (Å²) in [6.45, 7) is 1.98. The van der Waals surface area contributed by atoms with Crippen LogP contribution in [-0.2, 0) is 6.42 Å². The van der Waals surface area contributed by atoms with Gasteiger partial charge in [-0.05, 0) is 42.5 Å². The first-order chi connectivity index (χ1) is 8.27. The Morgan fingerprint density at radius 2 is 1.94 bits per heavy atom. The molecule has 0 spiro atoms. The predicted octanol–water partition coefficient (Wildman–Crippen LogP) is 3.06. The normalized spacial score (nSPS) is 12.4. The minimum atomic E-state index is -0.404. The fourth-order valence-corrected chi connectivity index (χ4v) is 1.96. The molecule has 1 N–H and O–H groups in total. The van der Waals surface area contributed by atoms with Gasteiger partial charge in [0.25, 0.3) is 0 Å². The van der Waals surface area contributed by atoms with Crippen molar-refractivity contribution >= 4 is 0 Å². The molecule has 1 aromatic heterocycles. The summed E-state index contributed by atoms with van der Waals surface area (Å²) in [4.78, 5) is 4.03. The number of aliphatic hydroxyl groups excluding tert-OH is 1. The van der Waals surface area contributed by atoms with Crippen LogP contribution in [-0.4, -0.2) is 10.1 Å². The smallest absolute Gasteiger partial charge is 0.0796 e. The molecule has 1 atom stereocenters. The number of hydrogen-bond donors (Lipinski definition) is 1. The van der Waals surface area contributed by atoms with Crippen LogP contribution < -0.4 is 0 Å². The summed E-state index contributed by atoms with van der Waals surface area (Å²) in [6.07, 6.45) is 4.76. The van der Waals surface area contributed by atoms with E-state index in [1.54, 1.807) is 12.4 Å². The number of nitrogens with zero attached hydrogens (tertiary/aromatic N) is 1. The van der Waals surface area contributed by atoms with Crippen LogP contribution in [0.5, 0.6) is 0 Å². The highest BCUT2D eigenvalue weighted by atomic mass is 16.3. The van der Waals surface area contributed by atoms with Gasteiger partial charge in [-0.1, -0.05) is 30.3 Å². The Morgan fingerprint density at radius 3 is 2.65 bits per heavy atom. The highest BCUT2D eigenvalue weighted by Crippen LogP contribution is 2.21. The van der Waals surface area contributed by atoms with E-state index in [-0.39, 0.29) is 0 Å². The van der Waals surface area contributed by atoms with Crippen LogP contribution >= 0.6 is 0 Å². The summed E-state index contributed by atoms with van der Waals surface area (Å²) in [7, 11) is 0. The standard InChI is InChI=1S/C15H17NO/c1-12-11-16-10-9-14(12)15(17)8-7-13-5-3-2-4-6-13/h2-6,9-11,15,17H,7-8H2,1H3. The van der Waals surface area contributed by atoms with Gasteiger partial charge in [0.15, 0.2) is 0 Å². The van der Waals surface area contributed by atoms with Gasteiger partial charge < -0.3 is 5.11 Å². The van der Waals surface area contributed by atoms with Crippen molar-refractivity contribution < 1.29 is 5.11 Å². The van der Waals surface area contributed by atoms with E-state index in [0.717, 1.165) is 24.0 Å². The largest absolute Gasteiger partial charge is 0.388 e. The lowest BCUT2D eigenvalue weighted by Gasteiger charge is -2.13. The Labute approximate surface area is 102 Å². The quantitative estimate of drug-likeness (QED) is 0.870. The molecule has 0 bridgehead atoms. The fraction of sp³-hybridized carbons (Fsp3) is 0.267. The van der Waals surface area contributed by atoms with E-state index in [4.69, 9.17) is 0 Å².